The molecule has 0 amide bonds. The Balaban J connectivity index is 0.598. The quantitative estimate of drug-likeness (QED) is 0.0262. The van der Waals surface area contributed by atoms with Crippen molar-refractivity contribution >= 4 is 23.2 Å². The molecule has 2 aliphatic carbocycles. The van der Waals surface area contributed by atoms with Crippen molar-refractivity contribution in [1.29, 1.82) is 0 Å². The van der Waals surface area contributed by atoms with E-state index in [4.69, 9.17) is 75.3 Å². The Bertz CT molecular complexity index is 2980. The van der Waals surface area contributed by atoms with Gasteiger partial charge in [-0.1, -0.05) is 21.7 Å². The second-order valence-corrected chi connectivity index (χ2v) is 26.0. The van der Waals surface area contributed by atoms with Crippen molar-refractivity contribution in [2.24, 2.45) is 0 Å². The van der Waals surface area contributed by atoms with Gasteiger partial charge in [0.25, 0.3) is 0 Å². The molecule has 1 spiro atoms. The van der Waals surface area contributed by atoms with Crippen molar-refractivity contribution in [2.75, 3.05) is 25.7 Å². The molecule has 38 nitrogen and oxygen atoms in total. The van der Waals surface area contributed by atoms with Gasteiger partial charge >= 0.3 is 0 Å². The van der Waals surface area contributed by atoms with Gasteiger partial charge in [-0.3, -0.25) is 4.68 Å². The van der Waals surface area contributed by atoms with Gasteiger partial charge in [-0.15, -0.1) is 38.5 Å². The summed E-state index contributed by atoms with van der Waals surface area (Å²) < 4.78 is 68.9. The van der Waals surface area contributed by atoms with Crippen LogP contribution in [0.5, 0.6) is 0 Å². The third kappa shape index (κ3) is 15.7. The minimum atomic E-state index is -1.95. The number of aliphatic hydroxyl groups excluding tert-OH is 17. The summed E-state index contributed by atoms with van der Waals surface area (Å²) in [5, 5.41) is 209. The molecule has 30 atom stereocenters. The zero-order valence-electron chi connectivity index (χ0n) is 51.0. The van der Waals surface area contributed by atoms with E-state index >= 15 is 0 Å². The lowest BCUT2D eigenvalue weighted by molar-refractivity contribution is -0.374. The standard InChI is InChI=1S/C55H84Cl2N10O28/c1-21-26(58-27-7-22(15-68)35(73)39(77)36(27)74)8-29(72)50(87-21)91-46-33(17-70)90-53(45(83)42(46)80)92-47-32(16-69)89-52(44(82)41(47)79)86-18-24-11-65(62-60-24)6-2-3-23-10-66(63-59-23)13-30-37(75)40(78)43(81)51(88-30)85-19-25-12-67(64-61-25)14-31-38(76)49(84)55(20-56,93-31)95-34-9-28(71)48(57)54(94-34)4-5-54/h7,10-12,21,26-53,58,68-84H,2-6,8-9,13-20H2,1H3/t21?,26-,27-,28+,29?,30+,31+,32?,33?,34+,35+,36-,37+,38+,39-,40-,41?,42?,43-,44?,45?,46+,47+,48+,49-,50+,51+,52+,53+,55-/m0/s1. The molecule has 0 radical (unpaired) electrons. The van der Waals surface area contributed by atoms with E-state index < -0.39 is 214 Å². The van der Waals surface area contributed by atoms with E-state index in [0.29, 0.717) is 37.9 Å². The summed E-state index contributed by atoms with van der Waals surface area (Å²) in [6.45, 7) is -1.11. The average molecular weight is 1400 g/mol. The molecule has 95 heavy (non-hydrogen) atoms. The van der Waals surface area contributed by atoms with Crippen LogP contribution in [0.4, 0.5) is 0 Å². The summed E-state index contributed by atoms with van der Waals surface area (Å²) in [6.07, 6.45) is -30.7. The first-order chi connectivity index (χ1) is 45.4. The van der Waals surface area contributed by atoms with Crippen LogP contribution in [0.1, 0.15) is 56.1 Å². The second kappa shape index (κ2) is 30.8. The van der Waals surface area contributed by atoms with Crippen molar-refractivity contribution in [2.45, 2.75) is 267 Å². The molecule has 11 rings (SSSR count). The van der Waals surface area contributed by atoms with Gasteiger partial charge in [0.05, 0.1) is 99.3 Å². The van der Waals surface area contributed by atoms with Gasteiger partial charge in [0.1, 0.15) is 127 Å². The van der Waals surface area contributed by atoms with Gasteiger partial charge in [0.2, 0.25) is 5.79 Å². The van der Waals surface area contributed by atoms with Crippen molar-refractivity contribution in [3.05, 3.63) is 47.3 Å². The maximum atomic E-state index is 11.3. The largest absolute Gasteiger partial charge is 0.394 e. The number of halogens is 2. The van der Waals surface area contributed by atoms with E-state index in [1.165, 1.54) is 26.3 Å². The minimum Gasteiger partial charge on any atom is -0.394 e. The van der Waals surface area contributed by atoms with Gasteiger partial charge in [-0.2, -0.15) is 0 Å². The molecular weight excluding hydrogens is 1320 g/mol. The summed E-state index contributed by atoms with van der Waals surface area (Å²) in [6, 6.07) is -1.62. The molecule has 8 aliphatic rings. The molecular formula is C55H84Cl2N10O28. The third-order valence-electron chi connectivity index (χ3n) is 18.5. The highest BCUT2D eigenvalue weighted by atomic mass is 35.5. The molecule has 6 saturated heterocycles. The fraction of sp³-hybridized carbons (Fsp3) is 0.855. The Kier molecular flexibility index (Phi) is 23.6. The molecule has 1 saturated carbocycles. The minimum absolute atomic E-state index is 0.0161. The first kappa shape index (κ1) is 72.8. The van der Waals surface area contributed by atoms with Crippen LogP contribution in [0.3, 0.4) is 0 Å². The van der Waals surface area contributed by atoms with E-state index in [-0.39, 0.29) is 56.1 Å². The van der Waals surface area contributed by atoms with Crippen molar-refractivity contribution in [3.63, 3.8) is 0 Å². The second-order valence-electron chi connectivity index (χ2n) is 25.3. The number of aromatic nitrogens is 9. The number of ether oxygens (including phenoxy) is 11. The molecule has 40 heteroatoms. The Hall–Kier alpha value is -3.42. The summed E-state index contributed by atoms with van der Waals surface area (Å²) in [5.74, 6) is -2.30. The lowest BCUT2D eigenvalue weighted by Crippen LogP contribution is -2.66. The lowest BCUT2D eigenvalue weighted by atomic mass is 9.87. The molecule has 3 aromatic heterocycles. The molecule has 18 N–H and O–H groups in total. The van der Waals surface area contributed by atoms with Crippen molar-refractivity contribution in [3.8, 4) is 0 Å². The third-order valence-corrected chi connectivity index (χ3v) is 19.6. The molecule has 7 fully saturated rings. The van der Waals surface area contributed by atoms with Crippen LogP contribution in [-0.2, 0) is 91.4 Å². The highest BCUT2D eigenvalue weighted by Gasteiger charge is 2.62. The number of hydrogen-bond donors (Lipinski definition) is 18. The highest BCUT2D eigenvalue weighted by molar-refractivity contribution is 6.22. The lowest BCUT2D eigenvalue weighted by Gasteiger charge is -2.48. The van der Waals surface area contributed by atoms with Gasteiger partial charge < -0.3 is 144 Å². The van der Waals surface area contributed by atoms with Gasteiger partial charge in [-0.05, 0) is 44.6 Å². The number of nitrogens with zero attached hydrogens (tertiary/aromatic N) is 9. The van der Waals surface area contributed by atoms with E-state index in [9.17, 15) is 86.8 Å². The zero-order valence-corrected chi connectivity index (χ0v) is 52.5. The average Bonchev–Trinajstić information content (AvgIpc) is 1.57. The number of aliphatic hydroxyl groups is 17. The van der Waals surface area contributed by atoms with Gasteiger partial charge in [-0.25, -0.2) is 9.36 Å². The van der Waals surface area contributed by atoms with Crippen LogP contribution in [0, 0.1) is 0 Å². The maximum Gasteiger partial charge on any atom is 0.214 e. The van der Waals surface area contributed by atoms with Gasteiger partial charge in [0.15, 0.2) is 31.5 Å². The summed E-state index contributed by atoms with van der Waals surface area (Å²) >= 11 is 12.6. The van der Waals surface area contributed by atoms with Crippen molar-refractivity contribution < 1.29 is 139 Å². The summed E-state index contributed by atoms with van der Waals surface area (Å²) in [4.78, 5) is 0. The molecule has 9 heterocycles. The fourth-order valence-corrected chi connectivity index (χ4v) is 13.5. The molecule has 6 aliphatic heterocycles. The van der Waals surface area contributed by atoms with Crippen LogP contribution in [0.2, 0.25) is 0 Å². The van der Waals surface area contributed by atoms with E-state index in [1.54, 1.807) is 19.3 Å². The Morgan fingerprint density at radius 2 is 1.15 bits per heavy atom. The smallest absolute Gasteiger partial charge is 0.214 e. The SMILES string of the molecule is CC1O[C@H](O[C@@H]2C(CO)O[C@H](O[C@@H]3C(CO)O[C@@H](OCc4cn(CCCc5cn(C[C@H]6O[C@@H](OCc7cn(C[C@H]8O[C@@](CCl)(O[C@@H]9C[C@@H](O)[C@@H](Cl)C%10(CC%10)O9)[C@@H](O)[C@@H]8O)nn7)[C@@H](O)[C@@H](O)[C@@H]6O)nn5)nn4)C(O)C3O)C(O)C2O)C(O)C[C@@H]1N[C@H]1C=C(CO)[C@@H](O)[C@H](O)[C@H]1O. The topological polar surface area (TPSA) is 550 Å². The zero-order chi connectivity index (χ0) is 67.9. The van der Waals surface area contributed by atoms with Crippen LogP contribution >= 0.6 is 23.2 Å². The van der Waals surface area contributed by atoms with Crippen LogP contribution in [0.15, 0.2) is 30.2 Å². The van der Waals surface area contributed by atoms with Crippen LogP contribution in [-0.4, -0.2) is 346 Å². The summed E-state index contributed by atoms with van der Waals surface area (Å²) in [7, 11) is 0. The molecule has 536 valence electrons. The Labute approximate surface area is 550 Å². The first-order valence-electron chi connectivity index (χ1n) is 31.3. The Morgan fingerprint density at radius 1 is 0.589 bits per heavy atom. The summed E-state index contributed by atoms with van der Waals surface area (Å²) in [5.41, 5.74) is 0.369. The molecule has 0 aromatic carbocycles. The van der Waals surface area contributed by atoms with E-state index in [0.717, 1.165) is 0 Å². The molecule has 8 unspecified atom stereocenters. The van der Waals surface area contributed by atoms with Crippen LogP contribution in [0.25, 0.3) is 0 Å². The highest BCUT2D eigenvalue weighted by Crippen LogP contribution is 2.52. The monoisotopic (exact) mass is 1400 g/mol. The number of aryl methyl sites for hydroxylation is 2. The number of rotatable bonds is 26. The predicted molar refractivity (Wildman–Crippen MR) is 307 cm³/mol. The number of alkyl halides is 2. The number of nitrogens with one attached hydrogen (secondary N) is 1. The van der Waals surface area contributed by atoms with E-state index in [2.05, 4.69) is 36.3 Å². The normalized spacial score (nSPS) is 43.7. The molecule has 3 aromatic rings. The fourth-order valence-electron chi connectivity index (χ4n) is 12.9. The predicted octanol–water partition coefficient (Wildman–Crippen LogP) is -9.56. The maximum absolute atomic E-state index is 11.3. The van der Waals surface area contributed by atoms with E-state index in [1.807, 2.05) is 0 Å². The van der Waals surface area contributed by atoms with Crippen molar-refractivity contribution in [1.82, 2.24) is 50.3 Å². The molecule has 0 bridgehead atoms. The first-order valence-corrected chi connectivity index (χ1v) is 32.2. The Morgan fingerprint density at radius 3 is 1.77 bits per heavy atom. The van der Waals surface area contributed by atoms with Crippen LogP contribution < -0.4 is 5.32 Å². The van der Waals surface area contributed by atoms with Gasteiger partial charge in [0, 0.05) is 25.2 Å². The number of hydrogen-bond acceptors (Lipinski definition) is 35.